The van der Waals surface area contributed by atoms with E-state index in [1.165, 1.54) is 0 Å². The summed E-state index contributed by atoms with van der Waals surface area (Å²) in [5, 5.41) is 0. The molecule has 2 rings (SSSR count). The van der Waals surface area contributed by atoms with E-state index >= 15 is 0 Å². The van der Waals surface area contributed by atoms with Crippen molar-refractivity contribution in [1.29, 1.82) is 0 Å². The standard InChI is InChI=1S/C10H19NO3/c1-10(2)13-8-9(14-10)7-11-3-5-12-6-4-11/h9H,3-8H2,1-2H3/p+1/t9-/m1/s1. The van der Waals surface area contributed by atoms with Gasteiger partial charge in [-0.2, -0.15) is 0 Å². The van der Waals surface area contributed by atoms with Crippen LogP contribution in [0.4, 0.5) is 0 Å². The summed E-state index contributed by atoms with van der Waals surface area (Å²) in [6.07, 6.45) is 0.262. The van der Waals surface area contributed by atoms with E-state index in [4.69, 9.17) is 14.2 Å². The number of nitrogens with one attached hydrogen (secondary N) is 1. The highest BCUT2D eigenvalue weighted by Crippen LogP contribution is 2.21. The summed E-state index contributed by atoms with van der Waals surface area (Å²) in [6.45, 7) is 9.69. The number of ether oxygens (including phenoxy) is 3. The summed E-state index contributed by atoms with van der Waals surface area (Å²) in [4.78, 5) is 1.57. The summed E-state index contributed by atoms with van der Waals surface area (Å²) in [6, 6.07) is 0. The molecule has 0 aromatic rings. The lowest BCUT2D eigenvalue weighted by Gasteiger charge is -2.26. The van der Waals surface area contributed by atoms with E-state index in [1.807, 2.05) is 13.8 Å². The minimum atomic E-state index is -0.379. The van der Waals surface area contributed by atoms with Gasteiger partial charge in [-0.15, -0.1) is 0 Å². The Kier molecular flexibility index (Phi) is 3.07. The van der Waals surface area contributed by atoms with E-state index in [2.05, 4.69) is 0 Å². The SMILES string of the molecule is CC1(C)OC[C@@H](C[NH+]2CCOCC2)O1. The van der Waals surface area contributed by atoms with Crippen LogP contribution in [0.1, 0.15) is 13.8 Å². The first kappa shape index (κ1) is 10.4. The Labute approximate surface area is 85.1 Å². The molecule has 0 aliphatic carbocycles. The van der Waals surface area contributed by atoms with Crippen LogP contribution in [-0.2, 0) is 14.2 Å². The van der Waals surface area contributed by atoms with Crippen LogP contribution >= 0.6 is 0 Å². The lowest BCUT2D eigenvalue weighted by molar-refractivity contribution is -0.910. The van der Waals surface area contributed by atoms with Crippen molar-refractivity contribution in [3.8, 4) is 0 Å². The quantitative estimate of drug-likeness (QED) is 0.627. The largest absolute Gasteiger partial charge is 0.370 e. The van der Waals surface area contributed by atoms with E-state index in [-0.39, 0.29) is 11.9 Å². The molecule has 0 spiro atoms. The van der Waals surface area contributed by atoms with Crippen LogP contribution in [0.2, 0.25) is 0 Å². The van der Waals surface area contributed by atoms with Gasteiger partial charge in [-0.3, -0.25) is 0 Å². The normalized spacial score (nSPS) is 33.4. The molecule has 0 amide bonds. The minimum absolute atomic E-state index is 0.262. The molecular formula is C10H20NO3+. The van der Waals surface area contributed by atoms with E-state index in [1.54, 1.807) is 4.90 Å². The van der Waals surface area contributed by atoms with E-state index < -0.39 is 0 Å². The predicted octanol–water partition coefficient (Wildman–Crippen LogP) is -0.947. The third kappa shape index (κ3) is 2.67. The average molecular weight is 202 g/mol. The van der Waals surface area contributed by atoms with Gasteiger partial charge in [0.1, 0.15) is 25.7 Å². The van der Waals surface area contributed by atoms with E-state index in [0.717, 1.165) is 39.5 Å². The van der Waals surface area contributed by atoms with Crippen LogP contribution in [0, 0.1) is 0 Å². The zero-order valence-electron chi connectivity index (χ0n) is 9.04. The molecular weight excluding hydrogens is 182 g/mol. The van der Waals surface area contributed by atoms with Crippen LogP contribution < -0.4 is 4.90 Å². The van der Waals surface area contributed by atoms with Crippen molar-refractivity contribution in [2.75, 3.05) is 39.5 Å². The highest BCUT2D eigenvalue weighted by Gasteiger charge is 2.35. The Morgan fingerprint density at radius 3 is 2.57 bits per heavy atom. The first-order valence-corrected chi connectivity index (χ1v) is 5.39. The second kappa shape index (κ2) is 4.14. The van der Waals surface area contributed by atoms with E-state index in [9.17, 15) is 0 Å². The third-order valence-electron chi connectivity index (χ3n) is 2.78. The van der Waals surface area contributed by atoms with Crippen molar-refractivity contribution in [2.45, 2.75) is 25.7 Å². The van der Waals surface area contributed by atoms with Gasteiger partial charge < -0.3 is 19.1 Å². The number of hydrogen-bond acceptors (Lipinski definition) is 3. The molecule has 1 N–H and O–H groups in total. The van der Waals surface area contributed by atoms with Crippen molar-refractivity contribution in [1.82, 2.24) is 0 Å². The van der Waals surface area contributed by atoms with Gasteiger partial charge in [-0.25, -0.2) is 0 Å². The summed E-state index contributed by atoms with van der Waals surface area (Å²) in [5.41, 5.74) is 0. The topological polar surface area (TPSA) is 32.1 Å². The van der Waals surface area contributed by atoms with Crippen molar-refractivity contribution in [2.24, 2.45) is 0 Å². The molecule has 2 saturated heterocycles. The fraction of sp³-hybridized carbons (Fsp3) is 1.00. The Morgan fingerprint density at radius 1 is 1.29 bits per heavy atom. The Bertz CT molecular complexity index is 190. The van der Waals surface area contributed by atoms with Gasteiger partial charge in [0, 0.05) is 0 Å². The monoisotopic (exact) mass is 202 g/mol. The Balaban J connectivity index is 1.75. The van der Waals surface area contributed by atoms with Gasteiger partial charge in [0.05, 0.1) is 19.8 Å². The van der Waals surface area contributed by atoms with Crippen molar-refractivity contribution in [3.63, 3.8) is 0 Å². The van der Waals surface area contributed by atoms with Gasteiger partial charge in [0.25, 0.3) is 0 Å². The van der Waals surface area contributed by atoms with Crippen LogP contribution in [0.25, 0.3) is 0 Å². The summed E-state index contributed by atoms with van der Waals surface area (Å²) < 4.78 is 16.6. The lowest BCUT2D eigenvalue weighted by Crippen LogP contribution is -3.15. The second-order valence-electron chi connectivity index (χ2n) is 4.52. The van der Waals surface area contributed by atoms with E-state index in [0.29, 0.717) is 0 Å². The second-order valence-corrected chi connectivity index (χ2v) is 4.52. The predicted molar refractivity (Wildman–Crippen MR) is 51.3 cm³/mol. The van der Waals surface area contributed by atoms with Crippen molar-refractivity contribution < 1.29 is 19.1 Å². The minimum Gasteiger partial charge on any atom is -0.370 e. The zero-order chi connectivity index (χ0) is 10.0. The smallest absolute Gasteiger partial charge is 0.163 e. The van der Waals surface area contributed by atoms with Crippen LogP contribution in [0.5, 0.6) is 0 Å². The molecule has 0 aromatic carbocycles. The van der Waals surface area contributed by atoms with Crippen molar-refractivity contribution >= 4 is 0 Å². The highest BCUT2D eigenvalue weighted by molar-refractivity contribution is 4.69. The highest BCUT2D eigenvalue weighted by atomic mass is 16.7. The van der Waals surface area contributed by atoms with Crippen LogP contribution in [0.15, 0.2) is 0 Å². The van der Waals surface area contributed by atoms with Crippen LogP contribution in [0.3, 0.4) is 0 Å². The Morgan fingerprint density at radius 2 is 2.00 bits per heavy atom. The maximum absolute atomic E-state index is 5.77. The molecule has 4 heteroatoms. The molecule has 2 heterocycles. The van der Waals surface area contributed by atoms with Gasteiger partial charge >= 0.3 is 0 Å². The fourth-order valence-corrected chi connectivity index (χ4v) is 2.05. The first-order valence-electron chi connectivity index (χ1n) is 5.39. The lowest BCUT2D eigenvalue weighted by atomic mass is 10.3. The number of rotatable bonds is 2. The summed E-state index contributed by atoms with van der Waals surface area (Å²) in [5.74, 6) is -0.379. The molecule has 2 aliphatic rings. The molecule has 0 saturated carbocycles. The molecule has 1 atom stereocenters. The first-order chi connectivity index (χ1) is 6.66. The van der Waals surface area contributed by atoms with Crippen molar-refractivity contribution in [3.05, 3.63) is 0 Å². The maximum atomic E-state index is 5.77. The molecule has 0 aromatic heterocycles. The van der Waals surface area contributed by atoms with Gasteiger partial charge in [0.2, 0.25) is 0 Å². The molecule has 4 nitrogen and oxygen atoms in total. The molecule has 14 heavy (non-hydrogen) atoms. The number of quaternary nitrogens is 1. The van der Waals surface area contributed by atoms with Gasteiger partial charge in [-0.1, -0.05) is 0 Å². The molecule has 0 unspecified atom stereocenters. The summed E-state index contributed by atoms with van der Waals surface area (Å²) >= 11 is 0. The summed E-state index contributed by atoms with van der Waals surface area (Å²) in [7, 11) is 0. The molecule has 0 bridgehead atoms. The molecule has 2 aliphatic heterocycles. The maximum Gasteiger partial charge on any atom is 0.163 e. The van der Waals surface area contributed by atoms with Gasteiger partial charge in [-0.05, 0) is 13.8 Å². The van der Waals surface area contributed by atoms with Gasteiger partial charge in [0.15, 0.2) is 5.79 Å². The van der Waals surface area contributed by atoms with Crippen LogP contribution in [-0.4, -0.2) is 51.3 Å². The fourth-order valence-electron chi connectivity index (χ4n) is 2.05. The molecule has 0 radical (unpaired) electrons. The molecule has 2 fully saturated rings. The molecule has 82 valence electrons. The third-order valence-corrected chi connectivity index (χ3v) is 2.78. The average Bonchev–Trinajstić information content (AvgIpc) is 2.47. The zero-order valence-corrected chi connectivity index (χ0v) is 9.04. The number of morpholine rings is 1. The number of hydrogen-bond donors (Lipinski definition) is 1. The Hall–Kier alpha value is -0.160.